The average molecular weight is 414 g/mol. The lowest BCUT2D eigenvalue weighted by Crippen LogP contribution is -2.36. The van der Waals surface area contributed by atoms with Crippen molar-refractivity contribution >= 4 is 27.5 Å². The van der Waals surface area contributed by atoms with Crippen molar-refractivity contribution < 1.29 is 18.0 Å². The lowest BCUT2D eigenvalue weighted by Gasteiger charge is -2.17. The number of anilines is 1. The normalized spacial score (nSPS) is 17.6. The van der Waals surface area contributed by atoms with Gasteiger partial charge < -0.3 is 5.32 Å². The standard InChI is InChI=1S/C20H22N4O4S/c25-16-8-3-9-24-19(16)17(11-21-24)29(27,28)23-20(26)22-18-14-6-1-4-12(14)10-13-5-2-7-15(13)18/h10-11H,1-9H2,(H2,22,23,26). The molecule has 0 saturated carbocycles. The van der Waals surface area contributed by atoms with Crippen LogP contribution in [0.4, 0.5) is 10.5 Å². The van der Waals surface area contributed by atoms with Gasteiger partial charge in [0, 0.05) is 18.7 Å². The van der Waals surface area contributed by atoms with Crippen molar-refractivity contribution in [1.82, 2.24) is 14.5 Å². The number of sulfonamides is 1. The molecule has 5 rings (SSSR count). The van der Waals surface area contributed by atoms with E-state index in [0.29, 0.717) is 13.0 Å². The van der Waals surface area contributed by atoms with E-state index in [9.17, 15) is 18.0 Å². The Morgan fingerprint density at radius 1 is 1.00 bits per heavy atom. The largest absolute Gasteiger partial charge is 0.333 e. The Hall–Kier alpha value is -2.68. The van der Waals surface area contributed by atoms with Crippen LogP contribution in [0.2, 0.25) is 0 Å². The summed E-state index contributed by atoms with van der Waals surface area (Å²) in [7, 11) is -4.21. The summed E-state index contributed by atoms with van der Waals surface area (Å²) >= 11 is 0. The Bertz CT molecular complexity index is 1120. The first-order valence-electron chi connectivity index (χ1n) is 10.0. The van der Waals surface area contributed by atoms with Crippen LogP contribution in [-0.2, 0) is 42.3 Å². The van der Waals surface area contributed by atoms with Gasteiger partial charge in [0.1, 0.15) is 10.6 Å². The molecule has 3 aliphatic rings. The molecule has 152 valence electrons. The van der Waals surface area contributed by atoms with E-state index in [0.717, 1.165) is 61.5 Å². The number of Topliss-reactive ketones (excluding diaryl/α,β-unsaturated/α-hetero) is 1. The molecule has 1 aromatic heterocycles. The number of amides is 2. The van der Waals surface area contributed by atoms with Crippen molar-refractivity contribution in [3.05, 3.63) is 40.2 Å². The molecule has 1 aliphatic heterocycles. The van der Waals surface area contributed by atoms with E-state index in [2.05, 4.69) is 21.2 Å². The maximum Gasteiger partial charge on any atom is 0.333 e. The summed E-state index contributed by atoms with van der Waals surface area (Å²) in [5, 5.41) is 6.81. The van der Waals surface area contributed by atoms with Crippen molar-refractivity contribution in [3.63, 3.8) is 0 Å². The molecule has 29 heavy (non-hydrogen) atoms. The number of urea groups is 1. The molecule has 2 aromatic rings. The predicted octanol–water partition coefficient (Wildman–Crippen LogP) is 2.35. The molecule has 2 heterocycles. The Balaban J connectivity index is 1.43. The second-order valence-electron chi connectivity index (χ2n) is 7.90. The maximum absolute atomic E-state index is 12.8. The average Bonchev–Trinajstić information content (AvgIpc) is 3.40. The van der Waals surface area contributed by atoms with Crippen LogP contribution in [0.5, 0.6) is 0 Å². The van der Waals surface area contributed by atoms with Crippen LogP contribution < -0.4 is 10.0 Å². The van der Waals surface area contributed by atoms with Crippen LogP contribution in [0.15, 0.2) is 17.2 Å². The van der Waals surface area contributed by atoms with Crippen molar-refractivity contribution in [2.75, 3.05) is 5.32 Å². The maximum atomic E-state index is 12.8. The molecular weight excluding hydrogens is 392 g/mol. The van der Waals surface area contributed by atoms with Crippen LogP contribution in [0.25, 0.3) is 0 Å². The molecule has 0 unspecified atom stereocenters. The highest BCUT2D eigenvalue weighted by atomic mass is 32.2. The first-order valence-corrected chi connectivity index (χ1v) is 11.5. The summed E-state index contributed by atoms with van der Waals surface area (Å²) in [6, 6.07) is 1.44. The topological polar surface area (TPSA) is 110 Å². The van der Waals surface area contributed by atoms with Gasteiger partial charge in [-0.15, -0.1) is 0 Å². The van der Waals surface area contributed by atoms with Gasteiger partial charge in [0.2, 0.25) is 0 Å². The minimum absolute atomic E-state index is 0.0537. The summed E-state index contributed by atoms with van der Waals surface area (Å²) in [6.45, 7) is 0.491. The van der Waals surface area contributed by atoms with Gasteiger partial charge in [-0.25, -0.2) is 17.9 Å². The second-order valence-corrected chi connectivity index (χ2v) is 9.55. The van der Waals surface area contributed by atoms with Crippen molar-refractivity contribution in [2.45, 2.75) is 62.8 Å². The van der Waals surface area contributed by atoms with E-state index in [4.69, 9.17) is 0 Å². The van der Waals surface area contributed by atoms with E-state index < -0.39 is 16.1 Å². The van der Waals surface area contributed by atoms with Gasteiger partial charge in [0.05, 0.1) is 6.20 Å². The summed E-state index contributed by atoms with van der Waals surface area (Å²) in [6.07, 6.45) is 7.88. The van der Waals surface area contributed by atoms with E-state index in [1.54, 1.807) is 0 Å². The van der Waals surface area contributed by atoms with Crippen molar-refractivity contribution in [2.24, 2.45) is 0 Å². The molecule has 2 N–H and O–H groups in total. The molecule has 9 heteroatoms. The summed E-state index contributed by atoms with van der Waals surface area (Å²) in [5.41, 5.74) is 5.57. The van der Waals surface area contributed by atoms with E-state index in [-0.39, 0.29) is 22.8 Å². The quantitative estimate of drug-likeness (QED) is 0.801. The Labute approximate surface area is 168 Å². The van der Waals surface area contributed by atoms with Gasteiger partial charge >= 0.3 is 6.03 Å². The number of hydrogen-bond donors (Lipinski definition) is 2. The molecular formula is C20H22N4O4S. The number of nitrogens with one attached hydrogen (secondary N) is 2. The lowest BCUT2D eigenvalue weighted by molar-refractivity contribution is 0.0947. The number of aromatic nitrogens is 2. The molecule has 0 fully saturated rings. The summed E-state index contributed by atoms with van der Waals surface area (Å²) in [5.74, 6) is -0.270. The number of benzene rings is 1. The van der Waals surface area contributed by atoms with Gasteiger partial charge in [-0.3, -0.25) is 9.48 Å². The Kier molecular flexibility index (Phi) is 4.23. The smallest absolute Gasteiger partial charge is 0.307 e. The predicted molar refractivity (Wildman–Crippen MR) is 106 cm³/mol. The lowest BCUT2D eigenvalue weighted by atomic mass is 9.99. The number of hydrogen-bond acceptors (Lipinski definition) is 5. The third-order valence-corrected chi connectivity index (χ3v) is 7.40. The number of nitrogens with zero attached hydrogens (tertiary/aromatic N) is 2. The third kappa shape index (κ3) is 3.04. The zero-order valence-corrected chi connectivity index (χ0v) is 16.8. The fraction of sp³-hybridized carbons (Fsp3) is 0.450. The molecule has 0 spiro atoms. The number of rotatable bonds is 3. The van der Waals surface area contributed by atoms with Crippen LogP contribution >= 0.6 is 0 Å². The SMILES string of the molecule is O=C(Nc1c2c(cc3c1CCC3)CCC2)NS(=O)(=O)c1cnn2c1C(=O)CCC2. The highest BCUT2D eigenvalue weighted by molar-refractivity contribution is 7.90. The monoisotopic (exact) mass is 414 g/mol. The number of ketones is 1. The fourth-order valence-corrected chi connectivity index (χ4v) is 5.87. The first kappa shape index (κ1) is 18.4. The molecule has 2 amide bonds. The molecule has 0 saturated heterocycles. The van der Waals surface area contributed by atoms with Gasteiger partial charge in [-0.2, -0.15) is 5.10 Å². The van der Waals surface area contributed by atoms with Gasteiger partial charge in [-0.1, -0.05) is 6.07 Å². The van der Waals surface area contributed by atoms with Crippen LogP contribution in [-0.4, -0.2) is 30.0 Å². The number of carbonyl (C=O) groups is 2. The minimum atomic E-state index is -4.21. The molecule has 0 atom stereocenters. The second kappa shape index (κ2) is 6.69. The summed E-state index contributed by atoms with van der Waals surface area (Å²) < 4.78 is 29.1. The number of aryl methyl sites for hydroxylation is 3. The highest BCUT2D eigenvalue weighted by Gasteiger charge is 2.32. The molecule has 0 radical (unpaired) electrons. The van der Waals surface area contributed by atoms with Gasteiger partial charge in [-0.05, 0) is 67.2 Å². The van der Waals surface area contributed by atoms with Crippen LogP contribution in [0.3, 0.4) is 0 Å². The highest BCUT2D eigenvalue weighted by Crippen LogP contribution is 2.38. The molecule has 8 nitrogen and oxygen atoms in total. The van der Waals surface area contributed by atoms with E-state index in [1.165, 1.54) is 15.8 Å². The first-order chi connectivity index (χ1) is 13.9. The van der Waals surface area contributed by atoms with Crippen LogP contribution in [0, 0.1) is 0 Å². The zero-order valence-electron chi connectivity index (χ0n) is 16.0. The third-order valence-electron chi connectivity index (χ3n) is 6.07. The minimum Gasteiger partial charge on any atom is -0.307 e. The Morgan fingerprint density at radius 3 is 2.38 bits per heavy atom. The molecule has 0 bridgehead atoms. The van der Waals surface area contributed by atoms with Gasteiger partial charge in [0.15, 0.2) is 5.78 Å². The number of fused-ring (bicyclic) bond motifs is 3. The van der Waals surface area contributed by atoms with Crippen molar-refractivity contribution in [1.29, 1.82) is 0 Å². The van der Waals surface area contributed by atoms with Crippen LogP contribution in [0.1, 0.15) is 58.4 Å². The Morgan fingerprint density at radius 2 is 1.69 bits per heavy atom. The fourth-order valence-electron chi connectivity index (χ4n) is 4.81. The zero-order chi connectivity index (χ0) is 20.2. The molecule has 2 aliphatic carbocycles. The van der Waals surface area contributed by atoms with E-state index in [1.807, 2.05) is 0 Å². The van der Waals surface area contributed by atoms with Gasteiger partial charge in [0.25, 0.3) is 10.0 Å². The summed E-state index contributed by atoms with van der Waals surface area (Å²) in [4.78, 5) is 24.6. The number of carbonyl (C=O) groups excluding carboxylic acids is 2. The molecule has 1 aromatic carbocycles. The van der Waals surface area contributed by atoms with Crippen molar-refractivity contribution in [3.8, 4) is 0 Å². The van der Waals surface area contributed by atoms with E-state index >= 15 is 0 Å².